The van der Waals surface area contributed by atoms with Crippen LogP contribution in [0.1, 0.15) is 0 Å². The average molecular weight is 676 g/mol. The van der Waals surface area contributed by atoms with Crippen LogP contribution in [0.3, 0.4) is 0 Å². The van der Waals surface area contributed by atoms with Crippen LogP contribution in [0.4, 0.5) is 17.1 Å². The smallest absolute Gasteiger partial charge is 0.136 e. The van der Waals surface area contributed by atoms with Gasteiger partial charge in [0.15, 0.2) is 0 Å². The molecule has 2 nitrogen and oxygen atoms in total. The van der Waals surface area contributed by atoms with E-state index in [-0.39, 0.29) is 0 Å². The minimum Gasteiger partial charge on any atom is -0.456 e. The molecule has 0 aliphatic rings. The van der Waals surface area contributed by atoms with E-state index >= 15 is 0 Å². The number of rotatable bonds is 6. The first-order valence-corrected chi connectivity index (χ1v) is 18.4. The summed E-state index contributed by atoms with van der Waals surface area (Å²) in [4.78, 5) is 4.90. The highest BCUT2D eigenvalue weighted by Gasteiger charge is 2.15. The fourth-order valence-electron chi connectivity index (χ4n) is 6.95. The molecule has 0 saturated carbocycles. The van der Waals surface area contributed by atoms with Gasteiger partial charge in [0.25, 0.3) is 0 Å². The molecule has 0 atom stereocenters. The Morgan fingerprint density at radius 3 is 1.38 bits per heavy atom. The van der Waals surface area contributed by atoms with Crippen LogP contribution in [-0.4, -0.2) is 0 Å². The van der Waals surface area contributed by atoms with E-state index < -0.39 is 0 Å². The van der Waals surface area contributed by atoms with Crippen LogP contribution in [0.15, 0.2) is 180 Å². The summed E-state index contributed by atoms with van der Waals surface area (Å²) in [6.45, 7) is 0. The Kier molecular flexibility index (Phi) is 6.90. The number of anilines is 3. The zero-order valence-electron chi connectivity index (χ0n) is 26.9. The SMILES string of the molecule is c1ccc2sc(-c3ccc(N(c4ccc(-c5ccc6c(c5)oc5ccccc56)cc4)c4ccc(-c5cc6ccccc6s5)cc4)cc3)cc2c1. The molecule has 0 fully saturated rings. The molecule has 0 saturated heterocycles. The second-order valence-electron chi connectivity index (χ2n) is 12.6. The molecular weight excluding hydrogens is 647 g/mol. The zero-order chi connectivity index (χ0) is 33.0. The maximum atomic E-state index is 6.20. The molecular formula is C46H29NOS2. The monoisotopic (exact) mass is 675 g/mol. The van der Waals surface area contributed by atoms with E-state index in [2.05, 4.69) is 169 Å². The van der Waals surface area contributed by atoms with Crippen molar-refractivity contribution in [3.8, 4) is 32.0 Å². The lowest BCUT2D eigenvalue weighted by Crippen LogP contribution is -2.09. The molecule has 7 aromatic carbocycles. The minimum atomic E-state index is 0.909. The lowest BCUT2D eigenvalue weighted by molar-refractivity contribution is 0.669. The molecule has 10 aromatic rings. The van der Waals surface area contributed by atoms with Gasteiger partial charge in [-0.15, -0.1) is 22.7 Å². The first kappa shape index (κ1) is 29.0. The Morgan fingerprint density at radius 1 is 0.360 bits per heavy atom. The maximum absolute atomic E-state index is 6.20. The summed E-state index contributed by atoms with van der Waals surface area (Å²) < 4.78 is 8.83. The lowest BCUT2D eigenvalue weighted by atomic mass is 10.0. The van der Waals surface area contributed by atoms with Crippen LogP contribution < -0.4 is 4.90 Å². The van der Waals surface area contributed by atoms with Crippen molar-refractivity contribution in [2.24, 2.45) is 0 Å². The Morgan fingerprint density at radius 2 is 0.820 bits per heavy atom. The molecule has 0 N–H and O–H groups in total. The number of furan rings is 1. The molecule has 50 heavy (non-hydrogen) atoms. The number of thiophene rings is 2. The second kappa shape index (κ2) is 11.9. The van der Waals surface area contributed by atoms with Gasteiger partial charge in [0.05, 0.1) is 0 Å². The fourth-order valence-corrected chi connectivity index (χ4v) is 9.09. The predicted octanol–water partition coefficient (Wildman–Crippen LogP) is 14.5. The molecule has 3 heterocycles. The zero-order valence-corrected chi connectivity index (χ0v) is 28.5. The van der Waals surface area contributed by atoms with Gasteiger partial charge >= 0.3 is 0 Å². The Balaban J connectivity index is 1.02. The van der Waals surface area contributed by atoms with Gasteiger partial charge in [-0.05, 0) is 112 Å². The van der Waals surface area contributed by atoms with Crippen LogP contribution >= 0.6 is 22.7 Å². The third-order valence-corrected chi connectivity index (χ3v) is 11.8. The molecule has 236 valence electrons. The number of hydrogen-bond acceptors (Lipinski definition) is 4. The summed E-state index contributed by atoms with van der Waals surface area (Å²) >= 11 is 3.68. The molecule has 0 amide bonds. The summed E-state index contributed by atoms with van der Waals surface area (Å²) in [6, 6.07) is 63.3. The van der Waals surface area contributed by atoms with Crippen LogP contribution in [-0.2, 0) is 0 Å². The van der Waals surface area contributed by atoms with Gasteiger partial charge in [0.2, 0.25) is 0 Å². The van der Waals surface area contributed by atoms with Crippen molar-refractivity contribution >= 4 is 81.8 Å². The Bertz CT molecular complexity index is 2620. The molecule has 0 unspecified atom stereocenters. The van der Waals surface area contributed by atoms with E-state index in [1.165, 1.54) is 41.1 Å². The molecule has 3 aromatic heterocycles. The molecule has 0 aliphatic carbocycles. The normalized spacial score (nSPS) is 11.6. The van der Waals surface area contributed by atoms with Crippen molar-refractivity contribution in [1.82, 2.24) is 0 Å². The summed E-state index contributed by atoms with van der Waals surface area (Å²) in [6.07, 6.45) is 0. The Hall–Kier alpha value is -5.94. The summed E-state index contributed by atoms with van der Waals surface area (Å²) in [5.41, 5.74) is 9.89. The highest BCUT2D eigenvalue weighted by Crippen LogP contribution is 2.41. The number of nitrogens with zero attached hydrogens (tertiary/aromatic N) is 1. The van der Waals surface area contributed by atoms with Crippen molar-refractivity contribution in [1.29, 1.82) is 0 Å². The number of benzene rings is 7. The van der Waals surface area contributed by atoms with E-state index in [1.54, 1.807) is 0 Å². The van der Waals surface area contributed by atoms with Crippen LogP contribution in [0.5, 0.6) is 0 Å². The second-order valence-corrected chi connectivity index (χ2v) is 14.7. The van der Waals surface area contributed by atoms with Gasteiger partial charge in [0.1, 0.15) is 11.2 Å². The van der Waals surface area contributed by atoms with E-state index in [4.69, 9.17) is 4.42 Å². The first-order chi connectivity index (χ1) is 24.7. The first-order valence-electron chi connectivity index (χ1n) is 16.7. The maximum Gasteiger partial charge on any atom is 0.136 e. The molecule has 10 rings (SSSR count). The van der Waals surface area contributed by atoms with Crippen molar-refractivity contribution < 1.29 is 4.42 Å². The van der Waals surface area contributed by atoms with Gasteiger partial charge in [-0.2, -0.15) is 0 Å². The van der Waals surface area contributed by atoms with Crippen molar-refractivity contribution in [3.05, 3.63) is 176 Å². The largest absolute Gasteiger partial charge is 0.456 e. The molecule has 0 radical (unpaired) electrons. The van der Waals surface area contributed by atoms with Crippen molar-refractivity contribution in [2.75, 3.05) is 4.90 Å². The third kappa shape index (κ3) is 5.09. The molecule has 4 heteroatoms. The minimum absolute atomic E-state index is 0.909. The highest BCUT2D eigenvalue weighted by atomic mass is 32.1. The van der Waals surface area contributed by atoms with Crippen molar-refractivity contribution in [2.45, 2.75) is 0 Å². The highest BCUT2D eigenvalue weighted by molar-refractivity contribution is 7.22. The molecule has 0 spiro atoms. The van der Waals surface area contributed by atoms with Crippen LogP contribution in [0.25, 0.3) is 74.1 Å². The topological polar surface area (TPSA) is 16.4 Å². The number of hydrogen-bond donors (Lipinski definition) is 0. The van der Waals surface area contributed by atoms with Gasteiger partial charge in [-0.3, -0.25) is 0 Å². The van der Waals surface area contributed by atoms with Crippen LogP contribution in [0, 0.1) is 0 Å². The Labute approximate surface area is 297 Å². The third-order valence-electron chi connectivity index (χ3n) is 9.51. The van der Waals surface area contributed by atoms with Crippen molar-refractivity contribution in [3.63, 3.8) is 0 Å². The van der Waals surface area contributed by atoms with Gasteiger partial charge in [-0.1, -0.05) is 97.1 Å². The summed E-state index contributed by atoms with van der Waals surface area (Å²) in [5.74, 6) is 0. The number of fused-ring (bicyclic) bond motifs is 5. The quantitative estimate of drug-likeness (QED) is 0.174. The van der Waals surface area contributed by atoms with E-state index in [0.717, 1.165) is 50.1 Å². The van der Waals surface area contributed by atoms with Crippen LogP contribution in [0.2, 0.25) is 0 Å². The van der Waals surface area contributed by atoms with E-state index in [1.807, 2.05) is 34.8 Å². The standard InChI is InChI=1S/C46H29NOS2/c1-5-11-43-34(7-1)28-45(49-43)31-15-22-37(23-16-31)47(38-24-17-32(18-25-38)46-29-35-8-2-6-12-44(35)50-46)36-20-13-30(14-21-36)33-19-26-40-39-9-3-4-10-41(39)48-42(40)27-33/h1-29H. The summed E-state index contributed by atoms with van der Waals surface area (Å²) in [7, 11) is 0. The van der Waals surface area contributed by atoms with Gasteiger partial charge in [0, 0.05) is 47.0 Å². The fraction of sp³-hybridized carbons (Fsp3) is 0. The van der Waals surface area contributed by atoms with Gasteiger partial charge in [-0.25, -0.2) is 0 Å². The lowest BCUT2D eigenvalue weighted by Gasteiger charge is -2.26. The summed E-state index contributed by atoms with van der Waals surface area (Å²) in [5, 5.41) is 4.87. The van der Waals surface area contributed by atoms with E-state index in [9.17, 15) is 0 Å². The van der Waals surface area contributed by atoms with Gasteiger partial charge < -0.3 is 9.32 Å². The predicted molar refractivity (Wildman–Crippen MR) is 215 cm³/mol. The number of para-hydroxylation sites is 1. The van der Waals surface area contributed by atoms with E-state index in [0.29, 0.717) is 0 Å². The molecule has 0 bridgehead atoms. The average Bonchev–Trinajstić information content (AvgIpc) is 3.91. The molecule has 0 aliphatic heterocycles.